The minimum atomic E-state index is 0.634. The summed E-state index contributed by atoms with van der Waals surface area (Å²) >= 11 is 0. The Kier molecular flexibility index (Phi) is 5.26. The van der Waals surface area contributed by atoms with E-state index in [-0.39, 0.29) is 0 Å². The molecule has 0 aromatic heterocycles. The van der Waals surface area contributed by atoms with E-state index in [4.69, 9.17) is 4.74 Å². The molecule has 1 aliphatic heterocycles. The summed E-state index contributed by atoms with van der Waals surface area (Å²) in [5.41, 5.74) is 0. The van der Waals surface area contributed by atoms with Crippen LogP contribution < -0.4 is 5.32 Å². The van der Waals surface area contributed by atoms with E-state index in [9.17, 15) is 0 Å². The Balaban J connectivity index is 1.85. The van der Waals surface area contributed by atoms with Gasteiger partial charge in [-0.3, -0.25) is 4.90 Å². The van der Waals surface area contributed by atoms with Crippen LogP contribution in [0.15, 0.2) is 0 Å². The average molecular weight is 240 g/mol. The van der Waals surface area contributed by atoms with Crippen LogP contribution in [-0.4, -0.2) is 49.8 Å². The molecule has 2 atom stereocenters. The quantitative estimate of drug-likeness (QED) is 0.701. The molecule has 2 rings (SSSR count). The van der Waals surface area contributed by atoms with Crippen molar-refractivity contribution in [3.05, 3.63) is 0 Å². The predicted molar refractivity (Wildman–Crippen MR) is 71.3 cm³/mol. The SMILES string of the molecule is CCCN(CC(NCC)C1CCOC1)C1CC1. The van der Waals surface area contributed by atoms with Gasteiger partial charge in [0, 0.05) is 31.2 Å². The van der Waals surface area contributed by atoms with Crippen molar-refractivity contribution in [2.45, 2.75) is 51.6 Å². The van der Waals surface area contributed by atoms with Crippen LogP contribution in [0.3, 0.4) is 0 Å². The van der Waals surface area contributed by atoms with Gasteiger partial charge in [-0.2, -0.15) is 0 Å². The maximum atomic E-state index is 5.54. The number of ether oxygens (including phenoxy) is 1. The molecular weight excluding hydrogens is 212 g/mol. The summed E-state index contributed by atoms with van der Waals surface area (Å²) in [6.07, 6.45) is 5.35. The maximum Gasteiger partial charge on any atom is 0.0510 e. The van der Waals surface area contributed by atoms with E-state index < -0.39 is 0 Å². The second-order valence-corrected chi connectivity index (χ2v) is 5.51. The first-order valence-corrected chi connectivity index (χ1v) is 7.40. The molecule has 0 spiro atoms. The van der Waals surface area contributed by atoms with E-state index in [1.807, 2.05) is 0 Å². The number of likely N-dealkylation sites (N-methyl/N-ethyl adjacent to an activating group) is 1. The monoisotopic (exact) mass is 240 g/mol. The van der Waals surface area contributed by atoms with Gasteiger partial charge in [-0.15, -0.1) is 0 Å². The molecule has 2 fully saturated rings. The molecule has 2 aliphatic rings. The standard InChI is InChI=1S/C14H28N2O/c1-3-8-16(13-5-6-13)10-14(15-4-2)12-7-9-17-11-12/h12-15H,3-11H2,1-2H3. The van der Waals surface area contributed by atoms with Crippen molar-refractivity contribution in [2.24, 2.45) is 5.92 Å². The normalized spacial score (nSPS) is 26.6. The van der Waals surface area contributed by atoms with Gasteiger partial charge in [-0.1, -0.05) is 13.8 Å². The Morgan fingerprint density at radius 1 is 1.29 bits per heavy atom. The predicted octanol–water partition coefficient (Wildman–Crippen LogP) is 1.88. The third-order valence-electron chi connectivity index (χ3n) is 4.01. The second-order valence-electron chi connectivity index (χ2n) is 5.51. The lowest BCUT2D eigenvalue weighted by Crippen LogP contribution is -2.46. The van der Waals surface area contributed by atoms with Gasteiger partial charge in [0.05, 0.1) is 6.61 Å². The summed E-state index contributed by atoms with van der Waals surface area (Å²) in [6.45, 7) is 9.98. The molecule has 1 saturated carbocycles. The van der Waals surface area contributed by atoms with Crippen LogP contribution in [-0.2, 0) is 4.74 Å². The van der Waals surface area contributed by atoms with E-state index in [1.165, 1.54) is 38.8 Å². The largest absolute Gasteiger partial charge is 0.381 e. The molecule has 1 aliphatic carbocycles. The van der Waals surface area contributed by atoms with Crippen LogP contribution in [0.2, 0.25) is 0 Å². The van der Waals surface area contributed by atoms with Crippen molar-refractivity contribution in [1.82, 2.24) is 10.2 Å². The third kappa shape index (κ3) is 3.94. The lowest BCUT2D eigenvalue weighted by atomic mass is 9.98. The first kappa shape index (κ1) is 13.3. The van der Waals surface area contributed by atoms with Crippen molar-refractivity contribution in [1.29, 1.82) is 0 Å². The lowest BCUT2D eigenvalue weighted by Gasteiger charge is -2.30. The Bertz CT molecular complexity index is 212. The topological polar surface area (TPSA) is 24.5 Å². The first-order chi connectivity index (χ1) is 8.35. The molecule has 3 nitrogen and oxygen atoms in total. The molecule has 0 aromatic carbocycles. The van der Waals surface area contributed by atoms with E-state index in [2.05, 4.69) is 24.1 Å². The zero-order valence-electron chi connectivity index (χ0n) is 11.5. The van der Waals surface area contributed by atoms with Gasteiger partial charge in [0.2, 0.25) is 0 Å². The molecule has 1 saturated heterocycles. The highest BCUT2D eigenvalue weighted by Gasteiger charge is 2.33. The van der Waals surface area contributed by atoms with Crippen molar-refractivity contribution in [3.63, 3.8) is 0 Å². The van der Waals surface area contributed by atoms with Crippen molar-refractivity contribution >= 4 is 0 Å². The molecule has 3 heteroatoms. The van der Waals surface area contributed by atoms with Gasteiger partial charge in [-0.25, -0.2) is 0 Å². The van der Waals surface area contributed by atoms with E-state index in [0.29, 0.717) is 6.04 Å². The van der Waals surface area contributed by atoms with Gasteiger partial charge >= 0.3 is 0 Å². The van der Waals surface area contributed by atoms with Crippen molar-refractivity contribution < 1.29 is 4.74 Å². The third-order valence-corrected chi connectivity index (χ3v) is 4.01. The molecule has 1 heterocycles. The molecule has 100 valence electrons. The molecule has 2 unspecified atom stereocenters. The first-order valence-electron chi connectivity index (χ1n) is 7.40. The van der Waals surface area contributed by atoms with E-state index >= 15 is 0 Å². The van der Waals surface area contributed by atoms with Gasteiger partial charge < -0.3 is 10.1 Å². The number of nitrogens with one attached hydrogen (secondary N) is 1. The number of nitrogens with zero attached hydrogens (tertiary/aromatic N) is 1. The fraction of sp³-hybridized carbons (Fsp3) is 1.00. The zero-order chi connectivity index (χ0) is 12.1. The van der Waals surface area contributed by atoms with Crippen molar-refractivity contribution in [2.75, 3.05) is 32.8 Å². The zero-order valence-corrected chi connectivity index (χ0v) is 11.5. The highest BCUT2D eigenvalue weighted by molar-refractivity contribution is 4.89. The Labute approximate surface area is 106 Å². The summed E-state index contributed by atoms with van der Waals surface area (Å²) in [5, 5.41) is 3.67. The van der Waals surface area contributed by atoms with Crippen LogP contribution in [0, 0.1) is 5.92 Å². The molecule has 0 radical (unpaired) electrons. The summed E-state index contributed by atoms with van der Waals surface area (Å²) < 4.78 is 5.54. The number of hydrogen-bond donors (Lipinski definition) is 1. The van der Waals surface area contributed by atoms with Crippen LogP contribution in [0.25, 0.3) is 0 Å². The fourth-order valence-corrected chi connectivity index (χ4v) is 2.92. The second kappa shape index (κ2) is 6.72. The Morgan fingerprint density at radius 2 is 2.12 bits per heavy atom. The average Bonchev–Trinajstić information content (AvgIpc) is 3.03. The number of hydrogen-bond acceptors (Lipinski definition) is 3. The van der Waals surface area contributed by atoms with Crippen LogP contribution in [0.5, 0.6) is 0 Å². The van der Waals surface area contributed by atoms with Gasteiger partial charge in [-0.05, 0) is 38.8 Å². The lowest BCUT2D eigenvalue weighted by molar-refractivity contribution is 0.158. The van der Waals surface area contributed by atoms with E-state index in [1.54, 1.807) is 0 Å². The minimum absolute atomic E-state index is 0.634. The maximum absolute atomic E-state index is 5.54. The fourth-order valence-electron chi connectivity index (χ4n) is 2.92. The summed E-state index contributed by atoms with van der Waals surface area (Å²) in [5.74, 6) is 0.730. The number of rotatable bonds is 8. The highest BCUT2D eigenvalue weighted by Crippen LogP contribution is 2.28. The molecular formula is C14H28N2O. The van der Waals surface area contributed by atoms with Crippen LogP contribution >= 0.6 is 0 Å². The smallest absolute Gasteiger partial charge is 0.0510 e. The molecule has 1 N–H and O–H groups in total. The Morgan fingerprint density at radius 3 is 2.65 bits per heavy atom. The Hall–Kier alpha value is -0.120. The molecule has 0 amide bonds. The van der Waals surface area contributed by atoms with E-state index in [0.717, 1.165) is 31.7 Å². The summed E-state index contributed by atoms with van der Waals surface area (Å²) in [6, 6.07) is 1.52. The van der Waals surface area contributed by atoms with Crippen LogP contribution in [0.1, 0.15) is 39.5 Å². The van der Waals surface area contributed by atoms with Crippen LogP contribution in [0.4, 0.5) is 0 Å². The molecule has 0 aromatic rings. The summed E-state index contributed by atoms with van der Waals surface area (Å²) in [4.78, 5) is 2.70. The minimum Gasteiger partial charge on any atom is -0.381 e. The van der Waals surface area contributed by atoms with Gasteiger partial charge in [0.15, 0.2) is 0 Å². The highest BCUT2D eigenvalue weighted by atomic mass is 16.5. The van der Waals surface area contributed by atoms with Gasteiger partial charge in [0.25, 0.3) is 0 Å². The molecule has 0 bridgehead atoms. The van der Waals surface area contributed by atoms with Crippen molar-refractivity contribution in [3.8, 4) is 0 Å². The molecule has 17 heavy (non-hydrogen) atoms. The van der Waals surface area contributed by atoms with Gasteiger partial charge in [0.1, 0.15) is 0 Å². The summed E-state index contributed by atoms with van der Waals surface area (Å²) in [7, 11) is 0.